The molecule has 4 nitrogen and oxygen atoms in total. The van der Waals surface area contributed by atoms with Crippen molar-refractivity contribution in [2.45, 2.75) is 71.6 Å². The van der Waals surface area contributed by atoms with E-state index in [1.165, 1.54) is 5.69 Å². The fourth-order valence-electron chi connectivity index (χ4n) is 2.90. The highest BCUT2D eigenvalue weighted by Crippen LogP contribution is 2.35. The molecule has 0 radical (unpaired) electrons. The Labute approximate surface area is 123 Å². The summed E-state index contributed by atoms with van der Waals surface area (Å²) in [6.45, 7) is 10.7. The van der Waals surface area contributed by atoms with Crippen molar-refractivity contribution in [1.29, 1.82) is 0 Å². The van der Waals surface area contributed by atoms with E-state index >= 15 is 0 Å². The lowest BCUT2D eigenvalue weighted by molar-refractivity contribution is -0.0506. The number of hydrogen-bond acceptors (Lipinski definition) is 3. The molecule has 0 bridgehead atoms. The van der Waals surface area contributed by atoms with Crippen molar-refractivity contribution in [3.05, 3.63) is 18.0 Å². The molecule has 0 aliphatic carbocycles. The van der Waals surface area contributed by atoms with Crippen LogP contribution in [0.15, 0.2) is 12.3 Å². The van der Waals surface area contributed by atoms with Crippen LogP contribution in [0.4, 0.5) is 0 Å². The standard InChI is InChI=1S/C16H31N3O/c1-6-11-17-15(16(8-3,9-4)20-5)14-10-12-18-19(14)13-7-2/h10,12,15,17H,6-9,11,13H2,1-5H3. The van der Waals surface area contributed by atoms with Crippen molar-refractivity contribution in [2.75, 3.05) is 13.7 Å². The monoisotopic (exact) mass is 281 g/mol. The maximum Gasteiger partial charge on any atom is 0.0882 e. The normalized spacial score (nSPS) is 13.7. The van der Waals surface area contributed by atoms with Crippen LogP contribution in [0.2, 0.25) is 0 Å². The summed E-state index contributed by atoms with van der Waals surface area (Å²) in [5.41, 5.74) is 1.08. The number of aromatic nitrogens is 2. The third kappa shape index (κ3) is 3.61. The Morgan fingerprint density at radius 2 is 1.95 bits per heavy atom. The van der Waals surface area contributed by atoms with E-state index in [1.54, 1.807) is 0 Å². The second-order valence-electron chi connectivity index (χ2n) is 5.34. The maximum absolute atomic E-state index is 5.95. The van der Waals surface area contributed by atoms with Gasteiger partial charge in [0, 0.05) is 19.9 Å². The first-order valence-electron chi connectivity index (χ1n) is 7.99. The van der Waals surface area contributed by atoms with E-state index in [4.69, 9.17) is 4.74 Å². The summed E-state index contributed by atoms with van der Waals surface area (Å²) >= 11 is 0. The van der Waals surface area contributed by atoms with Gasteiger partial charge >= 0.3 is 0 Å². The van der Waals surface area contributed by atoms with Crippen LogP contribution in [0.5, 0.6) is 0 Å². The second-order valence-corrected chi connectivity index (χ2v) is 5.34. The Morgan fingerprint density at radius 1 is 1.25 bits per heavy atom. The lowest BCUT2D eigenvalue weighted by Crippen LogP contribution is -2.46. The molecule has 1 unspecified atom stereocenters. The average molecular weight is 281 g/mol. The predicted octanol–water partition coefficient (Wildman–Crippen LogP) is 3.54. The molecule has 0 spiro atoms. The summed E-state index contributed by atoms with van der Waals surface area (Å²) in [6, 6.07) is 2.32. The lowest BCUT2D eigenvalue weighted by Gasteiger charge is -2.39. The van der Waals surface area contributed by atoms with Gasteiger partial charge in [-0.05, 0) is 38.3 Å². The summed E-state index contributed by atoms with van der Waals surface area (Å²) in [4.78, 5) is 0. The minimum Gasteiger partial charge on any atom is -0.376 e. The van der Waals surface area contributed by atoms with Crippen LogP contribution in [0.25, 0.3) is 0 Å². The first-order valence-corrected chi connectivity index (χ1v) is 7.99. The SMILES string of the molecule is CCCNC(c1ccnn1CCC)C(CC)(CC)OC. The third-order valence-electron chi connectivity index (χ3n) is 4.21. The minimum atomic E-state index is -0.166. The van der Waals surface area contributed by atoms with E-state index in [1.807, 2.05) is 13.3 Å². The zero-order valence-corrected chi connectivity index (χ0v) is 13.8. The first kappa shape index (κ1) is 17.2. The highest BCUT2D eigenvalue weighted by atomic mass is 16.5. The molecule has 20 heavy (non-hydrogen) atoms. The quantitative estimate of drug-likeness (QED) is 0.713. The molecule has 1 rings (SSSR count). The van der Waals surface area contributed by atoms with Crippen LogP contribution in [-0.4, -0.2) is 29.0 Å². The molecule has 0 aliphatic rings. The Kier molecular flexibility index (Phi) is 7.24. The fourth-order valence-corrected chi connectivity index (χ4v) is 2.90. The van der Waals surface area contributed by atoms with E-state index in [0.717, 1.165) is 38.8 Å². The van der Waals surface area contributed by atoms with Crippen LogP contribution < -0.4 is 5.32 Å². The Bertz CT molecular complexity index is 363. The van der Waals surface area contributed by atoms with Crippen molar-refractivity contribution in [3.8, 4) is 0 Å². The van der Waals surface area contributed by atoms with Crippen molar-refractivity contribution in [3.63, 3.8) is 0 Å². The Balaban J connectivity index is 3.12. The van der Waals surface area contributed by atoms with Gasteiger partial charge in [-0.3, -0.25) is 4.68 Å². The van der Waals surface area contributed by atoms with Gasteiger partial charge in [0.05, 0.1) is 17.3 Å². The molecular formula is C16H31N3O. The van der Waals surface area contributed by atoms with E-state index in [0.29, 0.717) is 0 Å². The molecule has 1 aromatic heterocycles. The number of nitrogens with one attached hydrogen (secondary N) is 1. The van der Waals surface area contributed by atoms with Crippen LogP contribution in [0.3, 0.4) is 0 Å². The number of hydrogen-bond donors (Lipinski definition) is 1. The summed E-state index contributed by atoms with van der Waals surface area (Å²) in [7, 11) is 1.83. The van der Waals surface area contributed by atoms with Crippen LogP contribution in [-0.2, 0) is 11.3 Å². The lowest BCUT2D eigenvalue weighted by atomic mass is 9.86. The molecular weight excluding hydrogens is 250 g/mol. The molecule has 0 saturated heterocycles. The summed E-state index contributed by atoms with van der Waals surface area (Å²) in [5, 5.41) is 8.15. The van der Waals surface area contributed by atoms with Gasteiger partial charge in [0.15, 0.2) is 0 Å². The van der Waals surface area contributed by atoms with Crippen molar-refractivity contribution in [1.82, 2.24) is 15.1 Å². The second kappa shape index (κ2) is 8.42. The van der Waals surface area contributed by atoms with E-state index < -0.39 is 0 Å². The number of nitrogens with zero attached hydrogens (tertiary/aromatic N) is 2. The van der Waals surface area contributed by atoms with E-state index in [9.17, 15) is 0 Å². The minimum absolute atomic E-state index is 0.166. The van der Waals surface area contributed by atoms with Crippen molar-refractivity contribution >= 4 is 0 Å². The molecule has 116 valence electrons. The van der Waals surface area contributed by atoms with Gasteiger partial charge in [0.1, 0.15) is 0 Å². The zero-order chi connectivity index (χ0) is 15.0. The van der Waals surface area contributed by atoms with Gasteiger partial charge in [-0.1, -0.05) is 27.7 Å². The van der Waals surface area contributed by atoms with Crippen molar-refractivity contribution < 1.29 is 4.74 Å². The third-order valence-corrected chi connectivity index (χ3v) is 4.21. The zero-order valence-electron chi connectivity index (χ0n) is 13.8. The molecule has 0 aromatic carbocycles. The van der Waals surface area contributed by atoms with Gasteiger partial charge in [0.25, 0.3) is 0 Å². The Morgan fingerprint density at radius 3 is 2.45 bits per heavy atom. The molecule has 0 aliphatic heterocycles. The highest BCUT2D eigenvalue weighted by Gasteiger charge is 2.38. The fraction of sp³-hybridized carbons (Fsp3) is 0.812. The van der Waals surface area contributed by atoms with Crippen molar-refractivity contribution in [2.24, 2.45) is 0 Å². The largest absolute Gasteiger partial charge is 0.376 e. The molecule has 0 fully saturated rings. The average Bonchev–Trinajstić information content (AvgIpc) is 2.92. The topological polar surface area (TPSA) is 39.1 Å². The molecule has 1 atom stereocenters. The number of ether oxygens (including phenoxy) is 1. The molecule has 0 amide bonds. The van der Waals surface area contributed by atoms with Gasteiger partial charge in [-0.15, -0.1) is 0 Å². The van der Waals surface area contributed by atoms with Gasteiger partial charge in [-0.25, -0.2) is 0 Å². The smallest absolute Gasteiger partial charge is 0.0882 e. The van der Waals surface area contributed by atoms with Gasteiger partial charge in [0.2, 0.25) is 0 Å². The predicted molar refractivity (Wildman–Crippen MR) is 83.9 cm³/mol. The van der Waals surface area contributed by atoms with E-state index in [-0.39, 0.29) is 11.6 Å². The van der Waals surface area contributed by atoms with Crippen LogP contribution in [0.1, 0.15) is 65.1 Å². The summed E-state index contributed by atoms with van der Waals surface area (Å²) < 4.78 is 8.07. The molecule has 4 heteroatoms. The van der Waals surface area contributed by atoms with E-state index in [2.05, 4.69) is 48.9 Å². The molecule has 1 heterocycles. The summed E-state index contributed by atoms with van der Waals surface area (Å²) in [6.07, 6.45) is 6.08. The molecule has 0 saturated carbocycles. The van der Waals surface area contributed by atoms with Crippen LogP contribution in [0, 0.1) is 0 Å². The molecule has 1 aromatic rings. The number of aryl methyl sites for hydroxylation is 1. The number of methoxy groups -OCH3 is 1. The first-order chi connectivity index (χ1) is 9.68. The van der Waals surface area contributed by atoms with Crippen LogP contribution >= 0.6 is 0 Å². The summed E-state index contributed by atoms with van der Waals surface area (Å²) in [5.74, 6) is 0. The molecule has 1 N–H and O–H groups in total. The highest BCUT2D eigenvalue weighted by molar-refractivity contribution is 5.13. The number of rotatable bonds is 10. The Hall–Kier alpha value is -0.870. The maximum atomic E-state index is 5.95. The van der Waals surface area contributed by atoms with Gasteiger partial charge in [-0.2, -0.15) is 5.10 Å². The van der Waals surface area contributed by atoms with Gasteiger partial charge < -0.3 is 10.1 Å².